The van der Waals surface area contributed by atoms with E-state index in [0.29, 0.717) is 29.1 Å². The molecule has 0 aliphatic carbocycles. The van der Waals surface area contributed by atoms with Crippen LogP contribution in [0.1, 0.15) is 15.9 Å². The maximum absolute atomic E-state index is 13.9. The molecule has 0 unspecified atom stereocenters. The smallest absolute Gasteiger partial charge is 0.335 e. The summed E-state index contributed by atoms with van der Waals surface area (Å²) in [6.45, 7) is 0.480. The molecular weight excluding hydrogens is 383 g/mol. The number of benzene rings is 3. The number of hydrogen-bond donors (Lipinski definition) is 1. The first-order chi connectivity index (χ1) is 14.5. The molecule has 0 spiro atoms. The van der Waals surface area contributed by atoms with Crippen LogP contribution in [-0.2, 0) is 6.54 Å². The fraction of sp³-hybridized carbons (Fsp3) is 0.0833. The van der Waals surface area contributed by atoms with Crippen molar-refractivity contribution in [3.8, 4) is 28.3 Å². The molecule has 5 nitrogen and oxygen atoms in total. The van der Waals surface area contributed by atoms with Gasteiger partial charge in [0, 0.05) is 11.1 Å². The topological polar surface area (TPSA) is 64.3 Å². The molecule has 1 aromatic heterocycles. The summed E-state index contributed by atoms with van der Waals surface area (Å²) in [5, 5.41) is 14.1. The first-order valence-corrected chi connectivity index (χ1v) is 9.34. The lowest BCUT2D eigenvalue weighted by Crippen LogP contribution is -2.04. The van der Waals surface area contributed by atoms with Crippen molar-refractivity contribution in [2.24, 2.45) is 0 Å². The largest absolute Gasteiger partial charge is 0.496 e. The summed E-state index contributed by atoms with van der Waals surface area (Å²) in [5.74, 6) is -0.866. The van der Waals surface area contributed by atoms with Crippen molar-refractivity contribution < 1.29 is 19.0 Å². The number of ether oxygens (including phenoxy) is 1. The normalized spacial score (nSPS) is 10.7. The van der Waals surface area contributed by atoms with E-state index in [1.165, 1.54) is 31.4 Å². The average Bonchev–Trinajstić information content (AvgIpc) is 3.17. The van der Waals surface area contributed by atoms with Gasteiger partial charge in [-0.1, -0.05) is 42.5 Å². The molecule has 0 bridgehead atoms. The predicted octanol–water partition coefficient (Wildman–Crippen LogP) is 5.11. The van der Waals surface area contributed by atoms with Gasteiger partial charge in [-0.3, -0.25) is 4.68 Å². The van der Waals surface area contributed by atoms with Gasteiger partial charge >= 0.3 is 5.97 Å². The standard InChI is InChI=1S/C24H19FN2O3/c1-30-23-11-10-18(24(28)29)13-20(23)21-14-22(17-8-5-9-19(25)12-17)27(26-21)15-16-6-3-2-4-7-16/h2-14H,15H2,1H3,(H,28,29). The second-order valence-electron chi connectivity index (χ2n) is 6.79. The third-order valence-electron chi connectivity index (χ3n) is 4.80. The lowest BCUT2D eigenvalue weighted by Gasteiger charge is -2.08. The molecule has 1 heterocycles. The highest BCUT2D eigenvalue weighted by atomic mass is 19.1. The van der Waals surface area contributed by atoms with Gasteiger partial charge in [-0.2, -0.15) is 5.10 Å². The van der Waals surface area contributed by atoms with Crippen LogP contribution in [0.15, 0.2) is 78.9 Å². The number of halogens is 1. The van der Waals surface area contributed by atoms with Crippen molar-refractivity contribution >= 4 is 5.97 Å². The summed E-state index contributed by atoms with van der Waals surface area (Å²) in [4.78, 5) is 11.4. The monoisotopic (exact) mass is 402 g/mol. The molecular formula is C24H19FN2O3. The molecule has 0 aliphatic rings. The minimum Gasteiger partial charge on any atom is -0.496 e. The highest BCUT2D eigenvalue weighted by Crippen LogP contribution is 2.33. The van der Waals surface area contributed by atoms with Crippen LogP contribution in [0, 0.1) is 5.82 Å². The lowest BCUT2D eigenvalue weighted by atomic mass is 10.1. The van der Waals surface area contributed by atoms with Crippen molar-refractivity contribution in [2.75, 3.05) is 7.11 Å². The van der Waals surface area contributed by atoms with Crippen LogP contribution in [0.2, 0.25) is 0 Å². The van der Waals surface area contributed by atoms with Gasteiger partial charge in [0.15, 0.2) is 0 Å². The number of rotatable bonds is 6. The molecule has 0 atom stereocenters. The number of aromatic nitrogens is 2. The fourth-order valence-electron chi connectivity index (χ4n) is 3.35. The van der Waals surface area contributed by atoms with Crippen molar-refractivity contribution in [3.05, 3.63) is 95.8 Å². The third-order valence-corrected chi connectivity index (χ3v) is 4.80. The second-order valence-corrected chi connectivity index (χ2v) is 6.79. The van der Waals surface area contributed by atoms with E-state index in [0.717, 1.165) is 11.3 Å². The Hall–Kier alpha value is -3.93. The van der Waals surface area contributed by atoms with Crippen molar-refractivity contribution in [1.29, 1.82) is 0 Å². The molecule has 0 saturated carbocycles. The summed E-state index contributed by atoms with van der Waals surface area (Å²) in [6.07, 6.45) is 0. The van der Waals surface area contributed by atoms with Crippen LogP contribution < -0.4 is 4.74 Å². The SMILES string of the molecule is COc1ccc(C(=O)O)cc1-c1cc(-c2cccc(F)c2)n(Cc2ccccc2)n1. The number of carboxylic acids is 1. The first-order valence-electron chi connectivity index (χ1n) is 9.34. The quantitative estimate of drug-likeness (QED) is 0.487. The maximum Gasteiger partial charge on any atom is 0.335 e. The van der Waals surface area contributed by atoms with E-state index in [4.69, 9.17) is 9.84 Å². The number of carbonyl (C=O) groups is 1. The zero-order valence-corrected chi connectivity index (χ0v) is 16.2. The zero-order valence-electron chi connectivity index (χ0n) is 16.2. The highest BCUT2D eigenvalue weighted by Gasteiger charge is 2.17. The van der Waals surface area contributed by atoms with Gasteiger partial charge in [-0.25, -0.2) is 9.18 Å². The zero-order chi connectivity index (χ0) is 21.1. The van der Waals surface area contributed by atoms with E-state index in [1.807, 2.05) is 42.5 Å². The first kappa shape index (κ1) is 19.4. The van der Waals surface area contributed by atoms with Gasteiger partial charge in [0.05, 0.1) is 30.6 Å². The molecule has 0 aliphatic heterocycles. The molecule has 0 saturated heterocycles. The van der Waals surface area contributed by atoms with E-state index >= 15 is 0 Å². The summed E-state index contributed by atoms with van der Waals surface area (Å²) in [5.41, 5.74) is 3.67. The molecule has 0 radical (unpaired) electrons. The average molecular weight is 402 g/mol. The van der Waals surface area contributed by atoms with Gasteiger partial charge in [-0.15, -0.1) is 0 Å². The van der Waals surface area contributed by atoms with Crippen molar-refractivity contribution in [3.63, 3.8) is 0 Å². The highest BCUT2D eigenvalue weighted by molar-refractivity contribution is 5.90. The van der Waals surface area contributed by atoms with E-state index in [2.05, 4.69) is 0 Å². The Morgan fingerprint density at radius 3 is 2.53 bits per heavy atom. The Morgan fingerprint density at radius 1 is 1.03 bits per heavy atom. The molecule has 4 aromatic rings. The summed E-state index contributed by atoms with van der Waals surface area (Å²) >= 11 is 0. The van der Waals surface area contributed by atoms with Crippen LogP contribution in [0.5, 0.6) is 5.75 Å². The van der Waals surface area contributed by atoms with Crippen LogP contribution >= 0.6 is 0 Å². The van der Waals surface area contributed by atoms with E-state index < -0.39 is 5.97 Å². The van der Waals surface area contributed by atoms with Crippen LogP contribution in [0.4, 0.5) is 4.39 Å². The van der Waals surface area contributed by atoms with E-state index in [9.17, 15) is 14.3 Å². The molecule has 6 heteroatoms. The molecule has 0 fully saturated rings. The molecule has 0 amide bonds. The van der Waals surface area contributed by atoms with Crippen molar-refractivity contribution in [2.45, 2.75) is 6.54 Å². The van der Waals surface area contributed by atoms with Crippen LogP contribution in [0.3, 0.4) is 0 Å². The minimum absolute atomic E-state index is 0.135. The Morgan fingerprint density at radius 2 is 1.83 bits per heavy atom. The number of nitrogens with zero attached hydrogens (tertiary/aromatic N) is 2. The molecule has 30 heavy (non-hydrogen) atoms. The van der Waals surface area contributed by atoms with E-state index in [1.54, 1.807) is 16.8 Å². The Bertz CT molecular complexity index is 1200. The predicted molar refractivity (Wildman–Crippen MR) is 112 cm³/mol. The summed E-state index contributed by atoms with van der Waals surface area (Å²) in [7, 11) is 1.52. The number of hydrogen-bond acceptors (Lipinski definition) is 3. The minimum atomic E-state index is -1.03. The van der Waals surface area contributed by atoms with Gasteiger partial charge in [0.2, 0.25) is 0 Å². The molecule has 1 N–H and O–H groups in total. The molecule has 4 rings (SSSR count). The summed E-state index contributed by atoms with van der Waals surface area (Å²) < 4.78 is 21.1. The second kappa shape index (κ2) is 8.21. The van der Waals surface area contributed by atoms with Crippen molar-refractivity contribution in [1.82, 2.24) is 9.78 Å². The number of methoxy groups -OCH3 is 1. The van der Waals surface area contributed by atoms with Gasteiger partial charge in [0.1, 0.15) is 11.6 Å². The Labute approximate surface area is 173 Å². The van der Waals surface area contributed by atoms with Gasteiger partial charge < -0.3 is 9.84 Å². The van der Waals surface area contributed by atoms with Crippen LogP contribution in [0.25, 0.3) is 22.5 Å². The fourth-order valence-corrected chi connectivity index (χ4v) is 3.35. The maximum atomic E-state index is 13.9. The molecule has 150 valence electrons. The molecule has 3 aromatic carbocycles. The van der Waals surface area contributed by atoms with E-state index in [-0.39, 0.29) is 11.4 Å². The Balaban J connectivity index is 1.87. The van der Waals surface area contributed by atoms with Crippen LogP contribution in [-0.4, -0.2) is 28.0 Å². The summed E-state index contributed by atoms with van der Waals surface area (Å²) in [6, 6.07) is 22.6. The number of carboxylic acid groups (broad SMARTS) is 1. The van der Waals surface area contributed by atoms with Gasteiger partial charge in [-0.05, 0) is 42.0 Å². The van der Waals surface area contributed by atoms with Gasteiger partial charge in [0.25, 0.3) is 0 Å². The Kier molecular flexibility index (Phi) is 5.30. The number of aromatic carboxylic acids is 1. The third kappa shape index (κ3) is 3.93. The lowest BCUT2D eigenvalue weighted by molar-refractivity contribution is 0.0697.